The molecule has 0 spiro atoms. The van der Waals surface area contributed by atoms with Crippen LogP contribution in [0.2, 0.25) is 0 Å². The van der Waals surface area contributed by atoms with Crippen LogP contribution in [0.5, 0.6) is 0 Å². The van der Waals surface area contributed by atoms with Crippen LogP contribution in [0.3, 0.4) is 0 Å². The van der Waals surface area contributed by atoms with E-state index in [1.54, 1.807) is 0 Å². The van der Waals surface area contributed by atoms with Gasteiger partial charge in [0, 0.05) is 46.1 Å². The number of pyridine rings is 1. The molecule has 0 amide bonds. The number of imidazole rings is 1. The molecule has 1 fully saturated rings. The van der Waals surface area contributed by atoms with Gasteiger partial charge in [0.25, 0.3) is 0 Å². The first kappa shape index (κ1) is 14.1. The standard InChI is InChI=1S/C16H23N5/c1-19(2)16-9-13(6-7-18-16)15-5-4-8-21(15)11-14-10-17-12-20(14)3/h6-7,9-10,12,15H,4-5,8,11H2,1-3H3/t15-/m1/s1. The first-order valence-electron chi connectivity index (χ1n) is 7.47. The van der Waals surface area contributed by atoms with Crippen LogP contribution in [-0.2, 0) is 13.6 Å². The molecular formula is C16H23N5. The van der Waals surface area contributed by atoms with Crippen molar-refractivity contribution in [1.82, 2.24) is 19.4 Å². The van der Waals surface area contributed by atoms with Crippen molar-refractivity contribution in [2.45, 2.75) is 25.4 Å². The zero-order valence-corrected chi connectivity index (χ0v) is 13.0. The Kier molecular flexibility index (Phi) is 3.92. The molecule has 1 aliphatic heterocycles. The first-order chi connectivity index (χ1) is 10.1. The van der Waals surface area contributed by atoms with Gasteiger partial charge in [0.15, 0.2) is 0 Å². The molecular weight excluding hydrogens is 262 g/mol. The predicted molar refractivity (Wildman–Crippen MR) is 84.2 cm³/mol. The maximum absolute atomic E-state index is 4.42. The van der Waals surface area contributed by atoms with Crippen LogP contribution in [-0.4, -0.2) is 40.1 Å². The van der Waals surface area contributed by atoms with Gasteiger partial charge in [-0.3, -0.25) is 4.90 Å². The Bertz CT molecular complexity index is 604. The summed E-state index contributed by atoms with van der Waals surface area (Å²) in [6.07, 6.45) is 8.23. The van der Waals surface area contributed by atoms with E-state index in [4.69, 9.17) is 0 Å². The molecule has 1 saturated heterocycles. The Morgan fingerprint density at radius 1 is 1.38 bits per heavy atom. The average molecular weight is 285 g/mol. The minimum absolute atomic E-state index is 0.488. The van der Waals surface area contributed by atoms with Crippen LogP contribution < -0.4 is 4.90 Å². The number of nitrogens with zero attached hydrogens (tertiary/aromatic N) is 5. The Morgan fingerprint density at radius 3 is 2.95 bits per heavy atom. The van der Waals surface area contributed by atoms with Crippen molar-refractivity contribution in [2.24, 2.45) is 7.05 Å². The highest BCUT2D eigenvalue weighted by Crippen LogP contribution is 2.33. The number of anilines is 1. The van der Waals surface area contributed by atoms with E-state index >= 15 is 0 Å². The SMILES string of the molecule is CN(C)c1cc([C@H]2CCCN2Cc2cncn2C)ccn1. The molecule has 3 heterocycles. The average Bonchev–Trinajstić information content (AvgIpc) is 3.09. The highest BCUT2D eigenvalue weighted by atomic mass is 15.2. The Morgan fingerprint density at radius 2 is 2.24 bits per heavy atom. The molecule has 5 nitrogen and oxygen atoms in total. The molecule has 2 aromatic rings. The van der Waals surface area contributed by atoms with Crippen LogP contribution >= 0.6 is 0 Å². The molecule has 21 heavy (non-hydrogen) atoms. The van der Waals surface area contributed by atoms with Crippen molar-refractivity contribution in [3.8, 4) is 0 Å². The topological polar surface area (TPSA) is 37.2 Å². The van der Waals surface area contributed by atoms with E-state index < -0.39 is 0 Å². The van der Waals surface area contributed by atoms with Crippen LogP contribution in [0.25, 0.3) is 0 Å². The Balaban J connectivity index is 1.80. The van der Waals surface area contributed by atoms with E-state index in [1.165, 1.54) is 24.1 Å². The number of aryl methyl sites for hydroxylation is 1. The monoisotopic (exact) mass is 285 g/mol. The van der Waals surface area contributed by atoms with Crippen LogP contribution in [0.1, 0.15) is 30.1 Å². The van der Waals surface area contributed by atoms with Crippen LogP contribution in [0.15, 0.2) is 30.9 Å². The fraction of sp³-hybridized carbons (Fsp3) is 0.500. The summed E-state index contributed by atoms with van der Waals surface area (Å²) in [7, 11) is 6.13. The normalized spacial score (nSPS) is 19.1. The summed E-state index contributed by atoms with van der Waals surface area (Å²) < 4.78 is 2.10. The molecule has 2 aromatic heterocycles. The summed E-state index contributed by atoms with van der Waals surface area (Å²) in [5.74, 6) is 1.03. The molecule has 1 aliphatic rings. The second-order valence-corrected chi connectivity index (χ2v) is 5.97. The van der Waals surface area contributed by atoms with E-state index in [0.29, 0.717) is 6.04 Å². The largest absolute Gasteiger partial charge is 0.363 e. The van der Waals surface area contributed by atoms with Crippen LogP contribution in [0, 0.1) is 0 Å². The van der Waals surface area contributed by atoms with Crippen molar-refractivity contribution < 1.29 is 0 Å². The fourth-order valence-electron chi connectivity index (χ4n) is 3.02. The van der Waals surface area contributed by atoms with Gasteiger partial charge < -0.3 is 9.47 Å². The van der Waals surface area contributed by atoms with Crippen molar-refractivity contribution in [3.63, 3.8) is 0 Å². The minimum Gasteiger partial charge on any atom is -0.363 e. The van der Waals surface area contributed by atoms with Crippen molar-refractivity contribution in [1.29, 1.82) is 0 Å². The lowest BCUT2D eigenvalue weighted by molar-refractivity contribution is 0.243. The van der Waals surface area contributed by atoms with Gasteiger partial charge in [-0.1, -0.05) is 0 Å². The number of aromatic nitrogens is 3. The number of likely N-dealkylation sites (tertiary alicyclic amines) is 1. The molecule has 0 aromatic carbocycles. The zero-order chi connectivity index (χ0) is 14.8. The predicted octanol–water partition coefficient (Wildman–Crippen LogP) is 2.22. The Labute approximate surface area is 126 Å². The second kappa shape index (κ2) is 5.85. The third-order valence-corrected chi connectivity index (χ3v) is 4.26. The fourth-order valence-corrected chi connectivity index (χ4v) is 3.02. The van der Waals surface area contributed by atoms with Crippen molar-refractivity contribution >= 4 is 5.82 Å². The smallest absolute Gasteiger partial charge is 0.128 e. The van der Waals surface area contributed by atoms with Gasteiger partial charge in [-0.15, -0.1) is 0 Å². The molecule has 0 bridgehead atoms. The lowest BCUT2D eigenvalue weighted by Crippen LogP contribution is -2.24. The summed E-state index contributed by atoms with van der Waals surface area (Å²) in [5.41, 5.74) is 2.64. The number of hydrogen-bond donors (Lipinski definition) is 0. The molecule has 0 unspecified atom stereocenters. The highest BCUT2D eigenvalue weighted by molar-refractivity contribution is 5.40. The van der Waals surface area contributed by atoms with E-state index in [2.05, 4.69) is 43.5 Å². The lowest BCUT2D eigenvalue weighted by atomic mass is 10.1. The van der Waals surface area contributed by atoms with E-state index in [1.807, 2.05) is 32.8 Å². The zero-order valence-electron chi connectivity index (χ0n) is 13.0. The van der Waals surface area contributed by atoms with Gasteiger partial charge in [-0.2, -0.15) is 0 Å². The molecule has 0 N–H and O–H groups in total. The lowest BCUT2D eigenvalue weighted by Gasteiger charge is -2.25. The van der Waals surface area contributed by atoms with Gasteiger partial charge in [-0.25, -0.2) is 9.97 Å². The van der Waals surface area contributed by atoms with Crippen molar-refractivity contribution in [3.05, 3.63) is 42.1 Å². The molecule has 3 rings (SSSR count). The molecule has 0 radical (unpaired) electrons. The summed E-state index contributed by atoms with van der Waals surface area (Å²) in [4.78, 5) is 13.2. The van der Waals surface area contributed by atoms with Gasteiger partial charge in [0.05, 0.1) is 12.0 Å². The first-order valence-corrected chi connectivity index (χ1v) is 7.47. The van der Waals surface area contributed by atoms with Gasteiger partial charge in [-0.05, 0) is 37.1 Å². The van der Waals surface area contributed by atoms with E-state index in [-0.39, 0.29) is 0 Å². The van der Waals surface area contributed by atoms with Gasteiger partial charge in [0.2, 0.25) is 0 Å². The maximum atomic E-state index is 4.42. The third kappa shape index (κ3) is 2.93. The molecule has 0 saturated carbocycles. The summed E-state index contributed by atoms with van der Waals surface area (Å²) >= 11 is 0. The van der Waals surface area contributed by atoms with Gasteiger partial charge in [0.1, 0.15) is 5.82 Å². The quantitative estimate of drug-likeness (QED) is 0.863. The highest BCUT2D eigenvalue weighted by Gasteiger charge is 2.27. The van der Waals surface area contributed by atoms with Gasteiger partial charge >= 0.3 is 0 Å². The maximum Gasteiger partial charge on any atom is 0.128 e. The summed E-state index contributed by atoms with van der Waals surface area (Å²) in [5, 5.41) is 0. The van der Waals surface area contributed by atoms with Crippen LogP contribution in [0.4, 0.5) is 5.82 Å². The third-order valence-electron chi connectivity index (χ3n) is 4.26. The summed E-state index contributed by atoms with van der Waals surface area (Å²) in [6, 6.07) is 4.85. The number of rotatable bonds is 4. The second-order valence-electron chi connectivity index (χ2n) is 5.97. The van der Waals surface area contributed by atoms with Crippen molar-refractivity contribution in [2.75, 3.05) is 25.5 Å². The molecule has 112 valence electrons. The Hall–Kier alpha value is -1.88. The minimum atomic E-state index is 0.488. The summed E-state index contributed by atoms with van der Waals surface area (Å²) in [6.45, 7) is 2.11. The molecule has 1 atom stereocenters. The van der Waals surface area contributed by atoms with E-state index in [9.17, 15) is 0 Å². The number of hydrogen-bond acceptors (Lipinski definition) is 4. The van der Waals surface area contributed by atoms with E-state index in [0.717, 1.165) is 18.9 Å². The molecule has 5 heteroatoms. The molecule has 0 aliphatic carbocycles.